The lowest BCUT2D eigenvalue weighted by Gasteiger charge is -2.48. The van der Waals surface area contributed by atoms with Crippen molar-refractivity contribution in [1.29, 1.82) is 0 Å². The van der Waals surface area contributed by atoms with Crippen molar-refractivity contribution in [3.05, 3.63) is 0 Å². The highest BCUT2D eigenvalue weighted by Gasteiger charge is 2.41. The van der Waals surface area contributed by atoms with E-state index in [0.29, 0.717) is 11.9 Å². The molecule has 120 valence electrons. The summed E-state index contributed by atoms with van der Waals surface area (Å²) >= 11 is 2.05. The first-order valence-corrected chi connectivity index (χ1v) is 9.31. The van der Waals surface area contributed by atoms with Gasteiger partial charge in [-0.05, 0) is 56.6 Å². The Kier molecular flexibility index (Phi) is 4.96. The highest BCUT2D eigenvalue weighted by Crippen LogP contribution is 2.39. The van der Waals surface area contributed by atoms with Gasteiger partial charge in [0.15, 0.2) is 0 Å². The van der Waals surface area contributed by atoms with E-state index >= 15 is 0 Å². The minimum Gasteiger partial charge on any atom is -0.409 e. The van der Waals surface area contributed by atoms with Crippen LogP contribution in [-0.2, 0) is 4.74 Å². The molecule has 3 aliphatic heterocycles. The fourth-order valence-electron chi connectivity index (χ4n) is 4.07. The lowest BCUT2D eigenvalue weighted by atomic mass is 9.83. The van der Waals surface area contributed by atoms with E-state index in [4.69, 9.17) is 15.7 Å². The van der Waals surface area contributed by atoms with Gasteiger partial charge in [0, 0.05) is 25.1 Å². The number of rotatable bonds is 2. The number of amidine groups is 1. The Morgan fingerprint density at radius 3 is 2.90 bits per heavy atom. The number of thioether (sulfide) groups is 1. The number of piperidine rings is 1. The van der Waals surface area contributed by atoms with Crippen molar-refractivity contribution in [3.8, 4) is 0 Å². The molecule has 1 spiro atoms. The molecule has 5 nitrogen and oxygen atoms in total. The highest BCUT2D eigenvalue weighted by atomic mass is 32.2. The van der Waals surface area contributed by atoms with Crippen LogP contribution in [0.15, 0.2) is 5.16 Å². The number of nitrogens with two attached hydrogens (primary N) is 1. The summed E-state index contributed by atoms with van der Waals surface area (Å²) in [5.41, 5.74) is 5.96. The second-order valence-corrected chi connectivity index (χ2v) is 7.87. The van der Waals surface area contributed by atoms with Gasteiger partial charge in [-0.1, -0.05) is 5.16 Å². The second kappa shape index (κ2) is 6.75. The second-order valence-electron chi connectivity index (χ2n) is 6.65. The van der Waals surface area contributed by atoms with Crippen molar-refractivity contribution in [2.24, 2.45) is 16.8 Å². The number of nitrogens with zero attached hydrogens (tertiary/aromatic N) is 2. The van der Waals surface area contributed by atoms with Crippen LogP contribution in [0.25, 0.3) is 0 Å². The molecule has 2 unspecified atom stereocenters. The summed E-state index contributed by atoms with van der Waals surface area (Å²) in [6.07, 6.45) is 6.87. The van der Waals surface area contributed by atoms with E-state index in [2.05, 4.69) is 21.8 Å². The molecule has 0 aliphatic carbocycles. The van der Waals surface area contributed by atoms with Crippen LogP contribution in [0.4, 0.5) is 0 Å². The van der Waals surface area contributed by atoms with Crippen molar-refractivity contribution < 1.29 is 9.94 Å². The average molecular weight is 313 g/mol. The van der Waals surface area contributed by atoms with Gasteiger partial charge in [0.2, 0.25) is 0 Å². The zero-order valence-corrected chi connectivity index (χ0v) is 13.5. The smallest absolute Gasteiger partial charge is 0.143 e. The Morgan fingerprint density at radius 1 is 1.33 bits per heavy atom. The Hall–Kier alpha value is -0.460. The quantitative estimate of drug-likeness (QED) is 0.352. The molecule has 0 saturated carbocycles. The molecule has 3 fully saturated rings. The van der Waals surface area contributed by atoms with Crippen LogP contribution in [0.2, 0.25) is 0 Å². The summed E-state index contributed by atoms with van der Waals surface area (Å²) in [6.45, 7) is 2.97. The van der Waals surface area contributed by atoms with E-state index in [1.165, 1.54) is 24.3 Å². The Morgan fingerprint density at radius 2 is 2.14 bits per heavy atom. The Labute approximate surface area is 131 Å². The summed E-state index contributed by atoms with van der Waals surface area (Å²) in [5.74, 6) is 3.08. The van der Waals surface area contributed by atoms with E-state index in [0.717, 1.165) is 45.4 Å². The first-order chi connectivity index (χ1) is 10.2. The molecule has 3 heterocycles. The molecule has 6 heteroatoms. The monoisotopic (exact) mass is 313 g/mol. The zero-order valence-electron chi connectivity index (χ0n) is 12.7. The fraction of sp³-hybridized carbons (Fsp3) is 0.933. The van der Waals surface area contributed by atoms with Crippen LogP contribution in [-0.4, -0.2) is 58.8 Å². The van der Waals surface area contributed by atoms with Crippen LogP contribution >= 0.6 is 11.8 Å². The van der Waals surface area contributed by atoms with E-state index < -0.39 is 0 Å². The van der Waals surface area contributed by atoms with Crippen LogP contribution in [0.5, 0.6) is 0 Å². The van der Waals surface area contributed by atoms with Crippen molar-refractivity contribution >= 4 is 17.6 Å². The van der Waals surface area contributed by atoms with Gasteiger partial charge in [-0.25, -0.2) is 0 Å². The summed E-state index contributed by atoms with van der Waals surface area (Å²) in [6, 6.07) is 0.608. The lowest BCUT2D eigenvalue weighted by molar-refractivity contribution is -0.113. The van der Waals surface area contributed by atoms with Crippen LogP contribution < -0.4 is 5.73 Å². The van der Waals surface area contributed by atoms with E-state index in [-0.39, 0.29) is 11.5 Å². The topological polar surface area (TPSA) is 71.1 Å². The molecule has 0 aromatic rings. The third kappa shape index (κ3) is 3.48. The van der Waals surface area contributed by atoms with Crippen LogP contribution in [0.1, 0.15) is 38.5 Å². The molecular weight excluding hydrogens is 286 g/mol. The van der Waals surface area contributed by atoms with Crippen LogP contribution in [0, 0.1) is 5.92 Å². The first-order valence-electron chi connectivity index (χ1n) is 8.16. The van der Waals surface area contributed by atoms with Gasteiger partial charge in [-0.2, -0.15) is 11.8 Å². The Balaban J connectivity index is 1.63. The zero-order chi connectivity index (χ0) is 14.7. The van der Waals surface area contributed by atoms with Gasteiger partial charge in [0.25, 0.3) is 0 Å². The molecule has 0 bridgehead atoms. The van der Waals surface area contributed by atoms with E-state index in [1.54, 1.807) is 0 Å². The van der Waals surface area contributed by atoms with Gasteiger partial charge in [-0.15, -0.1) is 0 Å². The van der Waals surface area contributed by atoms with Crippen molar-refractivity contribution in [2.75, 3.05) is 31.2 Å². The standard InChI is InChI=1S/C15H27N3O2S/c16-14(17-19)12-2-1-6-18(11-12)13-3-7-20-15(10-13)4-8-21-9-5-15/h12-13,19H,1-11H2,(H2,16,17). The lowest BCUT2D eigenvalue weighted by Crippen LogP contribution is -2.53. The van der Waals surface area contributed by atoms with Crippen molar-refractivity contribution in [3.63, 3.8) is 0 Å². The minimum atomic E-state index is 0.137. The first kappa shape index (κ1) is 15.4. The summed E-state index contributed by atoms with van der Waals surface area (Å²) in [4.78, 5) is 2.57. The normalized spacial score (nSPS) is 35.0. The van der Waals surface area contributed by atoms with Gasteiger partial charge >= 0.3 is 0 Å². The third-order valence-corrected chi connectivity index (χ3v) is 6.36. The number of oxime groups is 1. The highest BCUT2D eigenvalue weighted by molar-refractivity contribution is 7.99. The molecule has 0 radical (unpaired) electrons. The number of hydrogen-bond donors (Lipinski definition) is 2. The molecular formula is C15H27N3O2S. The largest absolute Gasteiger partial charge is 0.409 e. The maximum atomic E-state index is 8.90. The predicted octanol–water partition coefficient (Wildman–Crippen LogP) is 1.89. The molecule has 3 rings (SSSR count). The van der Waals surface area contributed by atoms with E-state index in [1.807, 2.05) is 0 Å². The summed E-state index contributed by atoms with van der Waals surface area (Å²) < 4.78 is 6.19. The van der Waals surface area contributed by atoms with Gasteiger partial charge in [0.05, 0.1) is 5.60 Å². The van der Waals surface area contributed by atoms with Gasteiger partial charge in [0.1, 0.15) is 5.84 Å². The van der Waals surface area contributed by atoms with Gasteiger partial charge in [-0.3, -0.25) is 4.90 Å². The Bertz CT molecular complexity index is 380. The predicted molar refractivity (Wildman–Crippen MR) is 86.0 cm³/mol. The summed E-state index contributed by atoms with van der Waals surface area (Å²) in [5, 5.41) is 12.1. The molecule has 3 saturated heterocycles. The molecule has 21 heavy (non-hydrogen) atoms. The maximum absolute atomic E-state index is 8.90. The molecule has 3 N–H and O–H groups in total. The fourth-order valence-corrected chi connectivity index (χ4v) is 5.30. The molecule has 0 amide bonds. The number of hydrogen-bond acceptors (Lipinski definition) is 5. The molecule has 2 atom stereocenters. The molecule has 0 aromatic heterocycles. The molecule has 0 aromatic carbocycles. The number of likely N-dealkylation sites (tertiary alicyclic amines) is 1. The third-order valence-electron chi connectivity index (χ3n) is 5.37. The van der Waals surface area contributed by atoms with E-state index in [9.17, 15) is 0 Å². The average Bonchev–Trinajstić information content (AvgIpc) is 2.55. The van der Waals surface area contributed by atoms with Crippen molar-refractivity contribution in [1.82, 2.24) is 4.90 Å². The number of ether oxygens (including phenoxy) is 1. The van der Waals surface area contributed by atoms with Gasteiger partial charge < -0.3 is 15.7 Å². The summed E-state index contributed by atoms with van der Waals surface area (Å²) in [7, 11) is 0. The minimum absolute atomic E-state index is 0.137. The maximum Gasteiger partial charge on any atom is 0.143 e. The SMILES string of the molecule is NC(=NO)C1CCCN(C2CCOC3(CCSCC3)C2)C1. The molecule has 3 aliphatic rings. The van der Waals surface area contributed by atoms with Crippen LogP contribution in [0.3, 0.4) is 0 Å². The van der Waals surface area contributed by atoms with Crippen molar-refractivity contribution in [2.45, 2.75) is 50.2 Å².